The van der Waals surface area contributed by atoms with Crippen molar-refractivity contribution < 1.29 is 17.9 Å². The zero-order valence-corrected chi connectivity index (χ0v) is 20.3. The van der Waals surface area contributed by atoms with E-state index in [1.54, 1.807) is 35.3 Å². The number of rotatable bonds is 8. The number of methoxy groups -OCH3 is 1. The first kappa shape index (κ1) is 24.0. The average molecular weight is 492 g/mol. The third kappa shape index (κ3) is 5.49. The highest BCUT2D eigenvalue weighted by molar-refractivity contribution is 7.92. The Bertz CT molecular complexity index is 1420. The molecule has 35 heavy (non-hydrogen) atoms. The van der Waals surface area contributed by atoms with E-state index in [0.29, 0.717) is 5.69 Å². The van der Waals surface area contributed by atoms with Crippen LogP contribution in [0.25, 0.3) is 5.69 Å². The third-order valence-electron chi connectivity index (χ3n) is 5.44. The lowest BCUT2D eigenvalue weighted by atomic mass is 10.1. The molecule has 1 heterocycles. The van der Waals surface area contributed by atoms with Gasteiger partial charge in [0, 0.05) is 11.3 Å². The lowest BCUT2D eigenvalue weighted by Crippen LogP contribution is -2.27. The Labute approximate surface area is 203 Å². The molecule has 180 valence electrons. The molecule has 3 aromatic carbocycles. The SMILES string of the molecule is COc1ccc(C(=O)NC(C)c2ccc(-n3cncn3)cc2)cc1S(=O)(=O)Nc1ccc(C)cc1. The summed E-state index contributed by atoms with van der Waals surface area (Å²) >= 11 is 0. The molecule has 4 rings (SSSR count). The second-order valence-corrected chi connectivity index (χ2v) is 9.61. The number of nitrogens with zero attached hydrogens (tertiary/aromatic N) is 3. The van der Waals surface area contributed by atoms with Gasteiger partial charge in [0.05, 0.1) is 18.8 Å². The van der Waals surface area contributed by atoms with Gasteiger partial charge in [-0.25, -0.2) is 18.1 Å². The number of carbonyl (C=O) groups excluding carboxylic acids is 1. The number of aromatic nitrogens is 3. The Balaban J connectivity index is 1.53. The maximum absolute atomic E-state index is 13.1. The summed E-state index contributed by atoms with van der Waals surface area (Å²) in [6.45, 7) is 3.76. The summed E-state index contributed by atoms with van der Waals surface area (Å²) in [5, 5.41) is 7.00. The molecule has 2 N–H and O–H groups in total. The summed E-state index contributed by atoms with van der Waals surface area (Å²) in [6, 6.07) is 18.5. The molecule has 0 aliphatic rings. The van der Waals surface area contributed by atoms with Crippen molar-refractivity contribution in [2.24, 2.45) is 0 Å². The molecule has 1 aromatic heterocycles. The fraction of sp³-hybridized carbons (Fsp3) is 0.160. The maximum Gasteiger partial charge on any atom is 0.265 e. The monoisotopic (exact) mass is 491 g/mol. The van der Waals surface area contributed by atoms with E-state index in [-0.39, 0.29) is 22.3 Å². The Morgan fingerprint density at radius 1 is 1.03 bits per heavy atom. The lowest BCUT2D eigenvalue weighted by molar-refractivity contribution is 0.0939. The molecule has 1 amide bonds. The lowest BCUT2D eigenvalue weighted by Gasteiger charge is -2.16. The second kappa shape index (κ2) is 9.98. The molecule has 0 spiro atoms. The van der Waals surface area contributed by atoms with Gasteiger partial charge in [0.1, 0.15) is 23.3 Å². The minimum Gasteiger partial charge on any atom is -0.495 e. The number of benzene rings is 3. The van der Waals surface area contributed by atoms with Crippen LogP contribution in [0.1, 0.15) is 34.5 Å². The van der Waals surface area contributed by atoms with Crippen LogP contribution in [-0.4, -0.2) is 36.2 Å². The van der Waals surface area contributed by atoms with Gasteiger partial charge in [-0.1, -0.05) is 29.8 Å². The van der Waals surface area contributed by atoms with E-state index in [9.17, 15) is 13.2 Å². The normalized spacial score (nSPS) is 12.1. The van der Waals surface area contributed by atoms with E-state index in [0.717, 1.165) is 16.8 Å². The molecule has 0 aliphatic heterocycles. The zero-order chi connectivity index (χ0) is 25.0. The van der Waals surface area contributed by atoms with Gasteiger partial charge in [-0.15, -0.1) is 0 Å². The molecule has 1 atom stereocenters. The summed E-state index contributed by atoms with van der Waals surface area (Å²) < 4.78 is 35.6. The number of aryl methyl sites for hydroxylation is 1. The second-order valence-electron chi connectivity index (χ2n) is 7.96. The van der Waals surface area contributed by atoms with E-state index < -0.39 is 15.9 Å². The topological polar surface area (TPSA) is 115 Å². The highest BCUT2D eigenvalue weighted by Crippen LogP contribution is 2.27. The van der Waals surface area contributed by atoms with E-state index in [4.69, 9.17) is 4.74 Å². The first-order chi connectivity index (χ1) is 16.8. The third-order valence-corrected chi connectivity index (χ3v) is 6.85. The summed E-state index contributed by atoms with van der Waals surface area (Å²) in [7, 11) is -2.62. The highest BCUT2D eigenvalue weighted by atomic mass is 32.2. The summed E-state index contributed by atoms with van der Waals surface area (Å²) in [6.07, 6.45) is 3.06. The number of ether oxygens (including phenoxy) is 1. The minimum absolute atomic E-state index is 0.127. The van der Waals surface area contributed by atoms with Crippen LogP contribution in [0.5, 0.6) is 5.75 Å². The van der Waals surface area contributed by atoms with Gasteiger partial charge in [-0.2, -0.15) is 5.10 Å². The fourth-order valence-corrected chi connectivity index (χ4v) is 4.73. The van der Waals surface area contributed by atoms with Gasteiger partial charge in [-0.3, -0.25) is 9.52 Å². The largest absolute Gasteiger partial charge is 0.495 e. The Kier molecular flexibility index (Phi) is 6.83. The molecular formula is C25H25N5O4S. The first-order valence-corrected chi connectivity index (χ1v) is 12.3. The number of sulfonamides is 1. The standard InChI is InChI=1S/C25H25N5O4S/c1-17-4-9-21(10-5-17)29-35(32,33)24-14-20(8-13-23(24)34-3)25(31)28-18(2)19-6-11-22(12-7-19)30-16-26-15-27-30/h4-16,18,29H,1-3H3,(H,28,31). The van der Waals surface area contributed by atoms with Crippen LogP contribution in [-0.2, 0) is 10.0 Å². The van der Waals surface area contributed by atoms with E-state index in [1.165, 1.54) is 31.6 Å². The molecule has 0 bridgehead atoms. The van der Waals surface area contributed by atoms with Crippen molar-refractivity contribution >= 4 is 21.6 Å². The van der Waals surface area contributed by atoms with Crippen molar-refractivity contribution in [2.45, 2.75) is 24.8 Å². The molecular weight excluding hydrogens is 466 g/mol. The van der Waals surface area contributed by atoms with Crippen LogP contribution in [0.15, 0.2) is 84.3 Å². The molecule has 0 aliphatic carbocycles. The van der Waals surface area contributed by atoms with Gasteiger partial charge < -0.3 is 10.1 Å². The van der Waals surface area contributed by atoms with E-state index in [1.807, 2.05) is 38.1 Å². The predicted molar refractivity (Wildman–Crippen MR) is 132 cm³/mol. The van der Waals surface area contributed by atoms with E-state index >= 15 is 0 Å². The van der Waals surface area contributed by atoms with Gasteiger partial charge in [0.15, 0.2) is 0 Å². The molecule has 9 nitrogen and oxygen atoms in total. The number of hydrogen-bond acceptors (Lipinski definition) is 6. The molecule has 1 unspecified atom stereocenters. The van der Waals surface area contributed by atoms with E-state index in [2.05, 4.69) is 20.1 Å². The Morgan fingerprint density at radius 3 is 2.37 bits per heavy atom. The van der Waals surface area contributed by atoms with Crippen molar-refractivity contribution in [3.8, 4) is 11.4 Å². The van der Waals surface area contributed by atoms with Crippen molar-refractivity contribution in [3.05, 3.63) is 96.1 Å². The number of nitrogens with one attached hydrogen (secondary N) is 2. The fourth-order valence-electron chi connectivity index (χ4n) is 3.48. The molecule has 0 saturated carbocycles. The van der Waals surface area contributed by atoms with Crippen LogP contribution < -0.4 is 14.8 Å². The minimum atomic E-state index is -4.00. The summed E-state index contributed by atoms with van der Waals surface area (Å²) in [5.74, 6) is -0.273. The van der Waals surface area contributed by atoms with Crippen LogP contribution in [0.4, 0.5) is 5.69 Å². The number of carbonyl (C=O) groups is 1. The van der Waals surface area contributed by atoms with Gasteiger partial charge in [0.2, 0.25) is 0 Å². The first-order valence-electron chi connectivity index (χ1n) is 10.8. The summed E-state index contributed by atoms with van der Waals surface area (Å²) in [4.78, 5) is 16.8. The van der Waals surface area contributed by atoms with Gasteiger partial charge in [-0.05, 0) is 61.9 Å². The molecule has 10 heteroatoms. The Hall–Kier alpha value is -4.18. The van der Waals surface area contributed by atoms with Crippen LogP contribution in [0.3, 0.4) is 0 Å². The van der Waals surface area contributed by atoms with Crippen LogP contribution in [0.2, 0.25) is 0 Å². The van der Waals surface area contributed by atoms with Crippen molar-refractivity contribution in [2.75, 3.05) is 11.8 Å². The molecule has 4 aromatic rings. The Morgan fingerprint density at radius 2 is 1.74 bits per heavy atom. The smallest absolute Gasteiger partial charge is 0.265 e. The van der Waals surface area contributed by atoms with Gasteiger partial charge >= 0.3 is 0 Å². The summed E-state index contributed by atoms with van der Waals surface area (Å²) in [5.41, 5.74) is 3.34. The molecule has 0 saturated heterocycles. The zero-order valence-electron chi connectivity index (χ0n) is 19.5. The van der Waals surface area contributed by atoms with Crippen LogP contribution in [0, 0.1) is 6.92 Å². The van der Waals surface area contributed by atoms with Crippen molar-refractivity contribution in [1.29, 1.82) is 0 Å². The number of hydrogen-bond donors (Lipinski definition) is 2. The quantitative estimate of drug-likeness (QED) is 0.387. The number of anilines is 1. The molecule has 0 fully saturated rings. The van der Waals surface area contributed by atoms with Gasteiger partial charge in [0.25, 0.3) is 15.9 Å². The van der Waals surface area contributed by atoms with Crippen molar-refractivity contribution in [3.63, 3.8) is 0 Å². The highest BCUT2D eigenvalue weighted by Gasteiger charge is 2.22. The predicted octanol–water partition coefficient (Wildman–Crippen LogP) is 3.88. The number of amides is 1. The van der Waals surface area contributed by atoms with Crippen LogP contribution >= 0.6 is 0 Å². The maximum atomic E-state index is 13.1. The molecule has 0 radical (unpaired) electrons. The van der Waals surface area contributed by atoms with Crippen molar-refractivity contribution in [1.82, 2.24) is 20.1 Å². The average Bonchev–Trinajstić information content (AvgIpc) is 3.40.